The molecular formula is C60H59N5. The monoisotopic (exact) mass is 849 g/mol. The first-order valence-corrected chi connectivity index (χ1v) is 23.4. The van der Waals surface area contributed by atoms with Crippen LogP contribution in [-0.2, 0) is 13.1 Å². The van der Waals surface area contributed by atoms with Crippen LogP contribution in [-0.4, -0.2) is 22.8 Å². The summed E-state index contributed by atoms with van der Waals surface area (Å²) in [4.78, 5) is 12.5. The number of allylic oxidation sites excluding steroid dienone is 13. The fourth-order valence-corrected chi connectivity index (χ4v) is 9.45. The number of para-hydroxylation sites is 1. The van der Waals surface area contributed by atoms with E-state index in [4.69, 9.17) is 15.7 Å². The number of aromatic nitrogens is 1. The summed E-state index contributed by atoms with van der Waals surface area (Å²) >= 11 is 0. The number of amidine groups is 2. The van der Waals surface area contributed by atoms with Gasteiger partial charge in [0.1, 0.15) is 5.84 Å². The number of unbranched alkanes of at least 4 members (excludes halogenated alkanes) is 1. The van der Waals surface area contributed by atoms with Crippen molar-refractivity contribution >= 4 is 50.3 Å². The van der Waals surface area contributed by atoms with Crippen molar-refractivity contribution in [2.24, 2.45) is 21.6 Å². The van der Waals surface area contributed by atoms with Gasteiger partial charge in [-0.3, -0.25) is 4.99 Å². The Morgan fingerprint density at radius 1 is 0.831 bits per heavy atom. The number of hydrogen-bond acceptors (Lipinski definition) is 2. The quantitative estimate of drug-likeness (QED) is 0.0674. The van der Waals surface area contributed by atoms with Gasteiger partial charge in [0, 0.05) is 69.2 Å². The molecule has 3 aliphatic rings. The van der Waals surface area contributed by atoms with Crippen molar-refractivity contribution in [3.63, 3.8) is 0 Å². The molecule has 0 fully saturated rings. The summed E-state index contributed by atoms with van der Waals surface area (Å²) in [7, 11) is 0. The molecule has 2 heterocycles. The lowest BCUT2D eigenvalue weighted by Gasteiger charge is -2.29. The average molecular weight is 850 g/mol. The molecule has 1 unspecified atom stereocenters. The summed E-state index contributed by atoms with van der Waals surface area (Å²) in [6.07, 6.45) is 32.8. The van der Waals surface area contributed by atoms with Crippen LogP contribution in [0.1, 0.15) is 79.2 Å². The van der Waals surface area contributed by atoms with Gasteiger partial charge in [0.05, 0.1) is 6.54 Å². The Bertz CT molecular complexity index is 2950. The number of anilines is 1. The number of benzene rings is 5. The molecule has 0 radical (unpaired) electrons. The third-order valence-electron chi connectivity index (χ3n) is 12.9. The third kappa shape index (κ3) is 9.80. The molecule has 0 amide bonds. The molecule has 2 aliphatic carbocycles. The number of aliphatic imine (C=N–C) groups is 2. The molecule has 0 saturated heterocycles. The van der Waals surface area contributed by atoms with E-state index in [0.717, 1.165) is 56.3 Å². The number of nitrogens with two attached hydrogens (primary N) is 1. The van der Waals surface area contributed by atoms with Crippen molar-refractivity contribution in [2.75, 3.05) is 11.4 Å². The first kappa shape index (κ1) is 43.0. The number of fused-ring (bicyclic) bond motifs is 4. The van der Waals surface area contributed by atoms with Crippen molar-refractivity contribution < 1.29 is 0 Å². The summed E-state index contributed by atoms with van der Waals surface area (Å²) in [5, 5.41) is 2.62. The van der Waals surface area contributed by atoms with Crippen LogP contribution < -0.4 is 10.6 Å². The van der Waals surface area contributed by atoms with E-state index in [1.807, 2.05) is 48.6 Å². The Labute approximate surface area is 385 Å². The van der Waals surface area contributed by atoms with E-state index in [2.05, 4.69) is 169 Å². The standard InChI is InChI=1S/C60H59N5/c1-3-5-7-8-9-19-38-64-56-29-18-17-28-54(56)55-37-35-49(41-58(55)64)46-32-30-45(31-33-46)48-34-36-53-51(25-12-6-4-2)43-65(57(53)40-48)52-27-20-26-50(39-52)59(61)63-60(47-23-15-11-16-24-47)62-42-44-21-13-10-14-22-44/h4,6-19,21-25,28-32,34-37,39-41,46,50H,2-3,5,20,26-27,33,38,42-43H2,1H3,(H2,61,62,63)/b8-7-,12-6-,19-9-,51-25+/t46-,50?/m1/s1. The number of rotatable bonds is 14. The largest absolute Gasteiger partial charge is 0.387 e. The van der Waals surface area contributed by atoms with E-state index in [1.54, 1.807) is 0 Å². The highest BCUT2D eigenvalue weighted by atomic mass is 15.2. The fourth-order valence-electron chi connectivity index (χ4n) is 9.45. The minimum Gasteiger partial charge on any atom is -0.387 e. The zero-order valence-corrected chi connectivity index (χ0v) is 37.6. The van der Waals surface area contributed by atoms with E-state index in [9.17, 15) is 0 Å². The Kier molecular flexibility index (Phi) is 13.6. The van der Waals surface area contributed by atoms with Crippen molar-refractivity contribution in [1.82, 2.24) is 4.57 Å². The molecule has 1 aromatic heterocycles. The fraction of sp³-hybridized carbons (Fsp3) is 0.200. The summed E-state index contributed by atoms with van der Waals surface area (Å²) in [6.45, 7) is 8.29. The molecule has 0 spiro atoms. The van der Waals surface area contributed by atoms with Crippen molar-refractivity contribution in [2.45, 2.75) is 64.5 Å². The van der Waals surface area contributed by atoms with Crippen LogP contribution in [0.5, 0.6) is 0 Å². The second-order valence-corrected chi connectivity index (χ2v) is 17.2. The summed E-state index contributed by atoms with van der Waals surface area (Å²) < 4.78 is 2.47. The van der Waals surface area contributed by atoms with Crippen LogP contribution in [0.25, 0.3) is 33.0 Å². The van der Waals surface area contributed by atoms with Crippen LogP contribution >= 0.6 is 0 Å². The van der Waals surface area contributed by atoms with E-state index >= 15 is 0 Å². The Morgan fingerprint density at radius 3 is 2.45 bits per heavy atom. The second-order valence-electron chi connectivity index (χ2n) is 17.2. The van der Waals surface area contributed by atoms with Crippen LogP contribution in [0.4, 0.5) is 5.69 Å². The molecule has 9 rings (SSSR count). The zero-order valence-electron chi connectivity index (χ0n) is 37.6. The van der Waals surface area contributed by atoms with Gasteiger partial charge in [-0.2, -0.15) is 0 Å². The van der Waals surface area contributed by atoms with Crippen LogP contribution in [0.15, 0.2) is 217 Å². The van der Waals surface area contributed by atoms with Gasteiger partial charge in [-0.15, -0.1) is 0 Å². The minimum absolute atomic E-state index is 0.00950. The van der Waals surface area contributed by atoms with E-state index in [0.29, 0.717) is 24.1 Å². The lowest BCUT2D eigenvalue weighted by molar-refractivity contribution is 0.618. The summed E-state index contributed by atoms with van der Waals surface area (Å²) in [6, 6.07) is 43.4. The highest BCUT2D eigenvalue weighted by Crippen LogP contribution is 2.43. The molecule has 65 heavy (non-hydrogen) atoms. The van der Waals surface area contributed by atoms with Crippen LogP contribution in [0, 0.1) is 5.92 Å². The van der Waals surface area contributed by atoms with Gasteiger partial charge in [0.2, 0.25) is 0 Å². The van der Waals surface area contributed by atoms with Crippen LogP contribution in [0.2, 0.25) is 0 Å². The maximum atomic E-state index is 6.94. The lowest BCUT2D eigenvalue weighted by atomic mass is 9.87. The molecule has 324 valence electrons. The van der Waals surface area contributed by atoms with Gasteiger partial charge in [-0.25, -0.2) is 4.99 Å². The van der Waals surface area contributed by atoms with Crippen molar-refractivity contribution in [3.05, 3.63) is 234 Å². The molecule has 5 nitrogen and oxygen atoms in total. The summed E-state index contributed by atoms with van der Waals surface area (Å²) in [5.41, 5.74) is 20.5. The molecule has 0 bridgehead atoms. The maximum Gasteiger partial charge on any atom is 0.156 e. The highest BCUT2D eigenvalue weighted by Gasteiger charge is 2.29. The normalized spacial score (nSPS) is 18.7. The van der Waals surface area contributed by atoms with Crippen molar-refractivity contribution in [1.29, 1.82) is 0 Å². The van der Waals surface area contributed by atoms with Gasteiger partial charge in [-0.05, 0) is 78.1 Å². The van der Waals surface area contributed by atoms with Crippen molar-refractivity contribution in [3.8, 4) is 0 Å². The molecule has 2 N–H and O–H groups in total. The van der Waals surface area contributed by atoms with E-state index in [-0.39, 0.29) is 5.92 Å². The minimum atomic E-state index is 0.00950. The van der Waals surface area contributed by atoms with Gasteiger partial charge >= 0.3 is 0 Å². The predicted octanol–water partition coefficient (Wildman–Crippen LogP) is 14.5. The molecule has 6 aromatic rings. The summed E-state index contributed by atoms with van der Waals surface area (Å²) in [5.74, 6) is 1.59. The van der Waals surface area contributed by atoms with Gasteiger partial charge in [-0.1, -0.05) is 196 Å². The van der Waals surface area contributed by atoms with Gasteiger partial charge in [0.15, 0.2) is 5.84 Å². The Balaban J connectivity index is 0.978. The molecular weight excluding hydrogens is 791 g/mol. The second kappa shape index (κ2) is 20.5. The molecule has 2 atom stereocenters. The first-order valence-electron chi connectivity index (χ1n) is 23.4. The molecule has 0 saturated carbocycles. The van der Waals surface area contributed by atoms with Gasteiger partial charge in [0.25, 0.3) is 0 Å². The molecule has 1 aliphatic heterocycles. The van der Waals surface area contributed by atoms with E-state index < -0.39 is 0 Å². The highest BCUT2D eigenvalue weighted by molar-refractivity contribution is 6.08. The predicted molar refractivity (Wildman–Crippen MR) is 278 cm³/mol. The van der Waals surface area contributed by atoms with E-state index in [1.165, 1.54) is 67.4 Å². The van der Waals surface area contributed by atoms with Gasteiger partial charge < -0.3 is 15.2 Å². The number of nitrogens with zero attached hydrogens (tertiary/aromatic N) is 4. The Hall–Kier alpha value is -7.24. The first-order chi connectivity index (χ1) is 32.1. The van der Waals surface area contributed by atoms with Crippen LogP contribution in [0.3, 0.4) is 0 Å². The average Bonchev–Trinajstić information content (AvgIpc) is 3.89. The third-order valence-corrected chi connectivity index (χ3v) is 12.9. The SMILES string of the molecule is C=C/C=C\C=C1/CN(C2=CC(C(N)=NC(=NCc3ccccc3)c3ccccc3)CCC2)c2cc(C3=CC[C@H](c4ccc5c6ccccc6n(C/C=C\C=C/CCC)c5c4)C=C3)ccc21. The lowest BCUT2D eigenvalue weighted by Crippen LogP contribution is -2.29. The maximum absolute atomic E-state index is 6.94. The number of hydrogen-bond donors (Lipinski definition) is 1. The Morgan fingerprint density at radius 2 is 1.63 bits per heavy atom. The topological polar surface area (TPSA) is 58.9 Å². The molecule has 5 heteroatoms. The zero-order chi connectivity index (χ0) is 44.4. The molecule has 5 aromatic carbocycles. The smallest absolute Gasteiger partial charge is 0.156 e.